The number of carboxylic acid groups (broad SMARTS) is 1. The molecule has 2 rings (SSSR count). The van der Waals surface area contributed by atoms with Crippen LogP contribution in [0.3, 0.4) is 0 Å². The largest absolute Gasteiger partial charge is 0.481 e. The van der Waals surface area contributed by atoms with Crippen LogP contribution in [0.2, 0.25) is 0 Å². The highest BCUT2D eigenvalue weighted by molar-refractivity contribution is 5.70. The summed E-state index contributed by atoms with van der Waals surface area (Å²) in [5.41, 5.74) is 0.334. The molecule has 0 bridgehead atoms. The number of hydrogen-bond acceptors (Lipinski definition) is 1. The van der Waals surface area contributed by atoms with Crippen LogP contribution >= 0.6 is 0 Å². The average Bonchev–Trinajstić information content (AvgIpc) is 2.44. The van der Waals surface area contributed by atoms with E-state index < -0.39 is 5.97 Å². The molecule has 0 aromatic carbocycles. The van der Waals surface area contributed by atoms with Crippen LogP contribution in [0.15, 0.2) is 0 Å². The van der Waals surface area contributed by atoms with Gasteiger partial charge in [0.25, 0.3) is 0 Å². The van der Waals surface area contributed by atoms with Gasteiger partial charge in [-0.05, 0) is 36.5 Å². The highest BCUT2D eigenvalue weighted by Crippen LogP contribution is 2.56. The van der Waals surface area contributed by atoms with E-state index in [1.54, 1.807) is 0 Å². The van der Waals surface area contributed by atoms with Gasteiger partial charge in [-0.2, -0.15) is 0 Å². The van der Waals surface area contributed by atoms with Crippen molar-refractivity contribution in [2.45, 2.75) is 46.0 Å². The fourth-order valence-corrected chi connectivity index (χ4v) is 3.81. The van der Waals surface area contributed by atoms with E-state index in [1.165, 1.54) is 19.3 Å². The first kappa shape index (κ1) is 10.0. The Bertz CT molecular complexity index is 249. The summed E-state index contributed by atoms with van der Waals surface area (Å²) in [6.45, 7) is 4.60. The first-order valence-corrected chi connectivity index (χ1v) is 5.76. The van der Waals surface area contributed by atoms with Crippen molar-refractivity contribution in [3.63, 3.8) is 0 Å². The Labute approximate surface area is 85.7 Å². The molecule has 0 spiro atoms. The zero-order chi connectivity index (χ0) is 10.3. The molecule has 1 N–H and O–H groups in total. The number of rotatable bonds is 1. The molecule has 0 heterocycles. The molecular formula is C12H20O2. The predicted octanol–water partition coefficient (Wildman–Crippen LogP) is 2.92. The van der Waals surface area contributed by atoms with Gasteiger partial charge < -0.3 is 5.11 Å². The summed E-state index contributed by atoms with van der Waals surface area (Å²) in [5, 5.41) is 9.06. The van der Waals surface area contributed by atoms with E-state index in [0.717, 1.165) is 18.8 Å². The molecule has 0 aliphatic heterocycles. The number of aliphatic carboxylic acids is 1. The van der Waals surface area contributed by atoms with Crippen molar-refractivity contribution in [1.29, 1.82) is 0 Å². The quantitative estimate of drug-likeness (QED) is 0.700. The first-order valence-electron chi connectivity index (χ1n) is 5.76. The van der Waals surface area contributed by atoms with Crippen molar-refractivity contribution >= 4 is 5.97 Å². The number of hydrogen-bond donors (Lipinski definition) is 1. The second-order valence-electron chi connectivity index (χ2n) is 5.61. The lowest BCUT2D eigenvalue weighted by molar-refractivity contribution is -0.141. The molecule has 2 nitrogen and oxygen atoms in total. The van der Waals surface area contributed by atoms with Gasteiger partial charge in [-0.1, -0.05) is 26.7 Å². The SMILES string of the molecule is C[C@@H]1CCC[C@]2(C)C[C@H](C(=O)O)C[C@@H]12. The van der Waals surface area contributed by atoms with Crippen molar-refractivity contribution < 1.29 is 9.90 Å². The Morgan fingerprint density at radius 2 is 2.21 bits per heavy atom. The summed E-state index contributed by atoms with van der Waals surface area (Å²) >= 11 is 0. The van der Waals surface area contributed by atoms with Gasteiger partial charge in [-0.15, -0.1) is 0 Å². The summed E-state index contributed by atoms with van der Waals surface area (Å²) in [6.07, 6.45) is 5.67. The van der Waals surface area contributed by atoms with Crippen LogP contribution in [-0.2, 0) is 4.79 Å². The van der Waals surface area contributed by atoms with Crippen LogP contribution in [0.25, 0.3) is 0 Å². The molecule has 4 atom stereocenters. The molecule has 0 radical (unpaired) electrons. The van der Waals surface area contributed by atoms with E-state index in [1.807, 2.05) is 0 Å². The van der Waals surface area contributed by atoms with Crippen molar-refractivity contribution in [3.8, 4) is 0 Å². The molecule has 0 aromatic rings. The van der Waals surface area contributed by atoms with Crippen LogP contribution in [0, 0.1) is 23.2 Å². The normalized spacial score (nSPS) is 47.4. The number of fused-ring (bicyclic) bond motifs is 1. The average molecular weight is 196 g/mol. The Kier molecular flexibility index (Phi) is 2.32. The molecular weight excluding hydrogens is 176 g/mol. The van der Waals surface area contributed by atoms with E-state index in [2.05, 4.69) is 13.8 Å². The number of carboxylic acids is 1. The van der Waals surface area contributed by atoms with Gasteiger partial charge >= 0.3 is 5.97 Å². The lowest BCUT2D eigenvalue weighted by Crippen LogP contribution is -2.31. The number of carbonyl (C=O) groups is 1. The molecule has 2 heteroatoms. The summed E-state index contributed by atoms with van der Waals surface area (Å²) in [7, 11) is 0. The fourth-order valence-electron chi connectivity index (χ4n) is 3.81. The van der Waals surface area contributed by atoms with Gasteiger partial charge in [0.15, 0.2) is 0 Å². The second kappa shape index (κ2) is 3.25. The lowest BCUT2D eigenvalue weighted by atomic mass is 9.65. The minimum atomic E-state index is -0.576. The lowest BCUT2D eigenvalue weighted by Gasteiger charge is -2.40. The third kappa shape index (κ3) is 1.45. The molecule has 80 valence electrons. The molecule has 0 aromatic heterocycles. The van der Waals surface area contributed by atoms with Crippen LogP contribution in [0.1, 0.15) is 46.0 Å². The minimum absolute atomic E-state index is 0.0643. The van der Waals surface area contributed by atoms with Crippen molar-refractivity contribution in [1.82, 2.24) is 0 Å². The van der Waals surface area contributed by atoms with Crippen LogP contribution in [0.4, 0.5) is 0 Å². The van der Waals surface area contributed by atoms with Gasteiger partial charge in [0.05, 0.1) is 5.92 Å². The van der Waals surface area contributed by atoms with Crippen LogP contribution in [-0.4, -0.2) is 11.1 Å². The maximum absolute atomic E-state index is 11.0. The Hall–Kier alpha value is -0.530. The maximum Gasteiger partial charge on any atom is 0.306 e. The van der Waals surface area contributed by atoms with E-state index in [0.29, 0.717) is 11.3 Å². The fraction of sp³-hybridized carbons (Fsp3) is 0.917. The highest BCUT2D eigenvalue weighted by Gasteiger charge is 2.49. The van der Waals surface area contributed by atoms with Crippen LogP contribution in [0.5, 0.6) is 0 Å². The molecule has 0 amide bonds. The van der Waals surface area contributed by atoms with E-state index in [4.69, 9.17) is 5.11 Å². The van der Waals surface area contributed by atoms with Crippen molar-refractivity contribution in [3.05, 3.63) is 0 Å². The van der Waals surface area contributed by atoms with E-state index in [-0.39, 0.29) is 5.92 Å². The van der Waals surface area contributed by atoms with Gasteiger partial charge in [-0.3, -0.25) is 4.79 Å². The molecule has 14 heavy (non-hydrogen) atoms. The third-order valence-electron chi connectivity index (χ3n) is 4.59. The maximum atomic E-state index is 11.0. The molecule has 2 aliphatic rings. The topological polar surface area (TPSA) is 37.3 Å². The molecule has 0 saturated heterocycles. The highest BCUT2D eigenvalue weighted by atomic mass is 16.4. The zero-order valence-corrected chi connectivity index (χ0v) is 9.12. The van der Waals surface area contributed by atoms with Gasteiger partial charge in [0, 0.05) is 0 Å². The van der Waals surface area contributed by atoms with Crippen molar-refractivity contribution in [2.75, 3.05) is 0 Å². The third-order valence-corrected chi connectivity index (χ3v) is 4.59. The summed E-state index contributed by atoms with van der Waals surface area (Å²) in [5.74, 6) is 0.758. The Morgan fingerprint density at radius 1 is 1.50 bits per heavy atom. The molecule has 2 fully saturated rings. The Balaban J connectivity index is 2.16. The van der Waals surface area contributed by atoms with E-state index >= 15 is 0 Å². The molecule has 0 unspecified atom stereocenters. The summed E-state index contributed by atoms with van der Waals surface area (Å²) < 4.78 is 0. The Morgan fingerprint density at radius 3 is 2.79 bits per heavy atom. The summed E-state index contributed by atoms with van der Waals surface area (Å²) in [4.78, 5) is 11.0. The predicted molar refractivity (Wildman–Crippen MR) is 55.0 cm³/mol. The standard InChI is InChI=1S/C12H20O2/c1-8-4-3-5-12(2)7-9(11(13)14)6-10(8)12/h8-10H,3-7H2,1-2H3,(H,13,14)/t8-,9-,10+,12-/m1/s1. The van der Waals surface area contributed by atoms with E-state index in [9.17, 15) is 4.79 Å². The monoisotopic (exact) mass is 196 g/mol. The smallest absolute Gasteiger partial charge is 0.306 e. The minimum Gasteiger partial charge on any atom is -0.481 e. The van der Waals surface area contributed by atoms with Crippen molar-refractivity contribution in [2.24, 2.45) is 23.2 Å². The summed E-state index contributed by atoms with van der Waals surface area (Å²) in [6, 6.07) is 0. The van der Waals surface area contributed by atoms with Gasteiger partial charge in [-0.25, -0.2) is 0 Å². The van der Waals surface area contributed by atoms with Crippen LogP contribution < -0.4 is 0 Å². The van der Waals surface area contributed by atoms with Gasteiger partial charge in [0.2, 0.25) is 0 Å². The molecule has 2 saturated carbocycles. The molecule has 2 aliphatic carbocycles. The van der Waals surface area contributed by atoms with Gasteiger partial charge in [0.1, 0.15) is 0 Å². The zero-order valence-electron chi connectivity index (χ0n) is 9.12. The first-order chi connectivity index (χ1) is 6.53. The second-order valence-corrected chi connectivity index (χ2v) is 5.61.